The van der Waals surface area contributed by atoms with Crippen LogP contribution in [0.5, 0.6) is 11.5 Å². The molecule has 1 atom stereocenters. The van der Waals surface area contributed by atoms with E-state index in [1.54, 1.807) is 66.6 Å². The monoisotopic (exact) mass is 622 g/mol. The zero-order chi connectivity index (χ0) is 31.9. The van der Waals surface area contributed by atoms with Gasteiger partial charge in [0.1, 0.15) is 23.4 Å². The summed E-state index contributed by atoms with van der Waals surface area (Å²) in [6, 6.07) is 17.0. The highest BCUT2D eigenvalue weighted by Gasteiger charge is 2.32. The molecular formula is C31H38N6O6S. The van der Waals surface area contributed by atoms with E-state index >= 15 is 0 Å². The first kappa shape index (κ1) is 32.3. The highest BCUT2D eigenvalue weighted by Crippen LogP contribution is 2.34. The number of nitrogen functional groups attached to an aromatic ring is 1. The Morgan fingerprint density at radius 2 is 1.75 bits per heavy atom. The standard InChI is InChI=1S/C31H38N6O6S/c1-34-31(39)35-23-12-14-37(15-13-23)30(38)27(17-20-6-4-8-22(16-20)29(32)33)36-44(40,41)25-9-5-7-21(18-25)26-11-10-24(42-2)19-28(26)43-3/h4-11,16,18-19,23,27,36H,12-15,17H2,1-3H3,(H3,32,33)(H2,34,35,39)/t27-/m0/s1. The fourth-order valence-electron chi connectivity index (χ4n) is 5.13. The van der Waals surface area contributed by atoms with Crippen LogP contribution < -0.4 is 30.6 Å². The van der Waals surface area contributed by atoms with Gasteiger partial charge < -0.3 is 30.7 Å². The molecule has 1 aliphatic rings. The second kappa shape index (κ2) is 14.2. The van der Waals surface area contributed by atoms with Gasteiger partial charge in [-0.25, -0.2) is 13.2 Å². The summed E-state index contributed by atoms with van der Waals surface area (Å²) < 4.78 is 41.0. The molecule has 234 valence electrons. The van der Waals surface area contributed by atoms with Gasteiger partial charge in [-0.05, 0) is 60.7 Å². The minimum Gasteiger partial charge on any atom is -0.497 e. The van der Waals surface area contributed by atoms with E-state index in [1.807, 2.05) is 0 Å². The van der Waals surface area contributed by atoms with Crippen molar-refractivity contribution in [2.24, 2.45) is 5.73 Å². The third-order valence-corrected chi connectivity index (χ3v) is 8.98. The van der Waals surface area contributed by atoms with Gasteiger partial charge in [-0.3, -0.25) is 10.2 Å². The second-order valence-electron chi connectivity index (χ2n) is 10.4. The van der Waals surface area contributed by atoms with Crippen LogP contribution >= 0.6 is 0 Å². The number of hydrogen-bond donors (Lipinski definition) is 5. The predicted octanol–water partition coefficient (Wildman–Crippen LogP) is 2.46. The zero-order valence-electron chi connectivity index (χ0n) is 24.9. The SMILES string of the molecule is CNC(=O)NC1CCN(C(=O)[C@H](Cc2cccc(C(=N)N)c2)NS(=O)(=O)c2cccc(-c3ccc(OC)cc3OC)c2)CC1. The molecule has 44 heavy (non-hydrogen) atoms. The molecule has 1 aliphatic heterocycles. The Hall–Kier alpha value is -4.62. The molecule has 0 radical (unpaired) electrons. The molecule has 13 heteroatoms. The summed E-state index contributed by atoms with van der Waals surface area (Å²) in [5.74, 6) is 0.596. The molecule has 3 aromatic rings. The number of ether oxygens (including phenoxy) is 2. The number of sulfonamides is 1. The van der Waals surface area contributed by atoms with Crippen LogP contribution in [-0.4, -0.2) is 77.5 Å². The van der Waals surface area contributed by atoms with E-state index in [9.17, 15) is 18.0 Å². The zero-order valence-corrected chi connectivity index (χ0v) is 25.7. The molecular weight excluding hydrogens is 584 g/mol. The summed E-state index contributed by atoms with van der Waals surface area (Å²) in [7, 11) is 0.429. The number of benzene rings is 3. The third-order valence-electron chi connectivity index (χ3n) is 7.51. The number of rotatable bonds is 11. The number of nitrogens with two attached hydrogens (primary N) is 1. The quantitative estimate of drug-likeness (QED) is 0.161. The molecule has 1 saturated heterocycles. The van der Waals surface area contributed by atoms with Crippen molar-refractivity contribution >= 4 is 27.8 Å². The summed E-state index contributed by atoms with van der Waals surface area (Å²) in [5, 5.41) is 13.2. The van der Waals surface area contributed by atoms with Crippen molar-refractivity contribution in [2.75, 3.05) is 34.4 Å². The van der Waals surface area contributed by atoms with Crippen LogP contribution in [0, 0.1) is 5.41 Å². The van der Waals surface area contributed by atoms with Crippen molar-refractivity contribution in [2.45, 2.75) is 36.2 Å². The lowest BCUT2D eigenvalue weighted by Gasteiger charge is -2.34. The Kier molecular flexibility index (Phi) is 10.4. The smallest absolute Gasteiger partial charge is 0.314 e. The molecule has 0 saturated carbocycles. The van der Waals surface area contributed by atoms with E-state index in [0.29, 0.717) is 59.7 Å². The number of hydrogen-bond acceptors (Lipinski definition) is 7. The van der Waals surface area contributed by atoms with Gasteiger partial charge in [-0.1, -0.05) is 30.3 Å². The fraction of sp³-hybridized carbons (Fsp3) is 0.323. The van der Waals surface area contributed by atoms with Crippen molar-refractivity contribution in [3.63, 3.8) is 0 Å². The summed E-state index contributed by atoms with van der Waals surface area (Å²) in [6.07, 6.45) is 1.11. The fourth-order valence-corrected chi connectivity index (χ4v) is 6.36. The number of urea groups is 1. The van der Waals surface area contributed by atoms with Crippen LogP contribution in [0.3, 0.4) is 0 Å². The third kappa shape index (κ3) is 7.85. The lowest BCUT2D eigenvalue weighted by atomic mass is 10.0. The lowest BCUT2D eigenvalue weighted by Crippen LogP contribution is -2.54. The largest absolute Gasteiger partial charge is 0.497 e. The molecule has 0 bridgehead atoms. The number of nitrogens with one attached hydrogen (secondary N) is 4. The van der Waals surface area contributed by atoms with Gasteiger partial charge in [0.2, 0.25) is 15.9 Å². The predicted molar refractivity (Wildman–Crippen MR) is 167 cm³/mol. The maximum absolute atomic E-state index is 13.9. The van der Waals surface area contributed by atoms with E-state index in [0.717, 1.165) is 0 Å². The highest BCUT2D eigenvalue weighted by molar-refractivity contribution is 7.89. The molecule has 12 nitrogen and oxygen atoms in total. The molecule has 6 N–H and O–H groups in total. The van der Waals surface area contributed by atoms with E-state index in [2.05, 4.69) is 15.4 Å². The van der Waals surface area contributed by atoms with Gasteiger partial charge in [0.15, 0.2) is 0 Å². The first-order chi connectivity index (χ1) is 21.0. The van der Waals surface area contributed by atoms with Crippen LogP contribution in [0.2, 0.25) is 0 Å². The van der Waals surface area contributed by atoms with Crippen molar-refractivity contribution in [3.8, 4) is 22.6 Å². The maximum Gasteiger partial charge on any atom is 0.314 e. The minimum absolute atomic E-state index is 0.0170. The Labute approximate surface area is 257 Å². The summed E-state index contributed by atoms with van der Waals surface area (Å²) >= 11 is 0. The molecule has 1 fully saturated rings. The summed E-state index contributed by atoms with van der Waals surface area (Å²) in [5.41, 5.74) is 8.07. The number of carbonyl (C=O) groups excluding carboxylic acids is 2. The molecule has 3 aromatic carbocycles. The number of methoxy groups -OCH3 is 2. The maximum atomic E-state index is 13.9. The van der Waals surface area contributed by atoms with Gasteiger partial charge in [-0.15, -0.1) is 0 Å². The Morgan fingerprint density at radius 1 is 1.02 bits per heavy atom. The van der Waals surface area contributed by atoms with Crippen LogP contribution in [0.1, 0.15) is 24.0 Å². The molecule has 4 rings (SSSR count). The first-order valence-electron chi connectivity index (χ1n) is 14.1. The van der Waals surface area contributed by atoms with Crippen molar-refractivity contribution in [1.29, 1.82) is 5.41 Å². The highest BCUT2D eigenvalue weighted by atomic mass is 32.2. The van der Waals surface area contributed by atoms with Gasteiger partial charge in [0.05, 0.1) is 19.1 Å². The minimum atomic E-state index is -4.18. The van der Waals surface area contributed by atoms with Crippen molar-refractivity contribution < 1.29 is 27.5 Å². The van der Waals surface area contributed by atoms with Crippen LogP contribution in [-0.2, 0) is 21.2 Å². The Morgan fingerprint density at radius 3 is 2.41 bits per heavy atom. The van der Waals surface area contributed by atoms with Gasteiger partial charge in [0.25, 0.3) is 0 Å². The number of nitrogens with zero attached hydrogens (tertiary/aromatic N) is 1. The van der Waals surface area contributed by atoms with E-state index < -0.39 is 16.1 Å². The number of carbonyl (C=O) groups is 2. The topological polar surface area (TPSA) is 176 Å². The van der Waals surface area contributed by atoms with E-state index in [4.69, 9.17) is 20.6 Å². The molecule has 0 spiro atoms. The van der Waals surface area contributed by atoms with Gasteiger partial charge in [-0.2, -0.15) is 4.72 Å². The van der Waals surface area contributed by atoms with E-state index in [1.165, 1.54) is 26.3 Å². The number of likely N-dealkylation sites (tertiary alicyclic amines) is 1. The average molecular weight is 623 g/mol. The summed E-state index contributed by atoms with van der Waals surface area (Å²) in [4.78, 5) is 27.2. The van der Waals surface area contributed by atoms with Crippen molar-refractivity contribution in [3.05, 3.63) is 77.9 Å². The second-order valence-corrected chi connectivity index (χ2v) is 12.1. The Bertz CT molecular complexity index is 1620. The van der Waals surface area contributed by atoms with Gasteiger partial charge in [0, 0.05) is 43.4 Å². The molecule has 1 heterocycles. The lowest BCUT2D eigenvalue weighted by molar-refractivity contribution is -0.134. The number of amides is 3. The van der Waals surface area contributed by atoms with Gasteiger partial charge >= 0.3 is 6.03 Å². The Balaban J connectivity index is 1.62. The molecule has 0 aromatic heterocycles. The van der Waals surface area contributed by atoms with Crippen LogP contribution in [0.15, 0.2) is 71.6 Å². The molecule has 0 unspecified atom stereocenters. The molecule has 0 aliphatic carbocycles. The van der Waals surface area contributed by atoms with E-state index in [-0.39, 0.29) is 35.1 Å². The van der Waals surface area contributed by atoms with Crippen molar-refractivity contribution in [1.82, 2.24) is 20.3 Å². The number of piperidine rings is 1. The average Bonchev–Trinajstić information content (AvgIpc) is 3.04. The summed E-state index contributed by atoms with van der Waals surface area (Å²) in [6.45, 7) is 0.706. The van der Waals surface area contributed by atoms with Crippen LogP contribution in [0.4, 0.5) is 4.79 Å². The first-order valence-corrected chi connectivity index (χ1v) is 15.6. The number of amidine groups is 1. The van der Waals surface area contributed by atoms with Crippen LogP contribution in [0.25, 0.3) is 11.1 Å². The normalized spacial score (nSPS) is 14.4. The molecule has 3 amide bonds.